The Morgan fingerprint density at radius 2 is 2.21 bits per heavy atom. The van der Waals surface area contributed by atoms with Crippen LogP contribution in [0.15, 0.2) is 0 Å². The van der Waals surface area contributed by atoms with E-state index in [2.05, 4.69) is 10.7 Å². The number of halogens is 2. The Morgan fingerprint density at radius 3 is 2.50 bits per heavy atom. The summed E-state index contributed by atoms with van der Waals surface area (Å²) in [6.45, 7) is 1.68. The van der Waals surface area contributed by atoms with Gasteiger partial charge in [-0.15, -0.1) is 0 Å². The predicted octanol–water partition coefficient (Wildman–Crippen LogP) is 1.22. The summed E-state index contributed by atoms with van der Waals surface area (Å²) >= 11 is 0. The van der Waals surface area contributed by atoms with Crippen LogP contribution in [0, 0.1) is 23.2 Å². The van der Waals surface area contributed by atoms with Crippen molar-refractivity contribution in [2.45, 2.75) is 26.2 Å². The molecular weight excluding hydrogens is 194 g/mol. The van der Waals surface area contributed by atoms with Gasteiger partial charge in [0.05, 0.1) is 6.07 Å². The van der Waals surface area contributed by atoms with Crippen molar-refractivity contribution in [1.29, 1.82) is 5.26 Å². The van der Waals surface area contributed by atoms with Crippen molar-refractivity contribution in [2.24, 2.45) is 17.7 Å². The van der Waals surface area contributed by atoms with Gasteiger partial charge in [-0.05, 0) is 12.8 Å². The van der Waals surface area contributed by atoms with Crippen molar-refractivity contribution < 1.29 is 18.4 Å². The molecule has 0 saturated carbocycles. The van der Waals surface area contributed by atoms with E-state index in [4.69, 9.17) is 5.26 Å². The van der Waals surface area contributed by atoms with Gasteiger partial charge in [-0.3, -0.25) is 0 Å². The van der Waals surface area contributed by atoms with E-state index in [-0.39, 0.29) is 6.42 Å². The second kappa shape index (κ2) is 6.27. The van der Waals surface area contributed by atoms with E-state index in [0.29, 0.717) is 6.42 Å². The Hall–Kier alpha value is -1.22. The molecule has 0 amide bonds. The van der Waals surface area contributed by atoms with Crippen LogP contribution in [0.3, 0.4) is 0 Å². The van der Waals surface area contributed by atoms with Gasteiger partial charge in [0.25, 0.3) is 6.43 Å². The Labute approximate surface area is 80.6 Å². The van der Waals surface area contributed by atoms with Crippen molar-refractivity contribution in [1.82, 2.24) is 0 Å². The van der Waals surface area contributed by atoms with Crippen molar-refractivity contribution in [3.05, 3.63) is 0 Å². The third-order valence-corrected chi connectivity index (χ3v) is 1.94. The Bertz CT molecular complexity index is 228. The summed E-state index contributed by atoms with van der Waals surface area (Å²) in [5.74, 6) is 1.15. The highest BCUT2D eigenvalue weighted by Crippen LogP contribution is 2.22. The van der Waals surface area contributed by atoms with Crippen LogP contribution >= 0.6 is 0 Å². The Morgan fingerprint density at radius 1 is 1.64 bits per heavy atom. The molecule has 0 aliphatic heterocycles. The molecule has 0 spiro atoms. The number of rotatable bonds is 5. The first kappa shape index (κ1) is 12.8. The largest absolute Gasteiger partial charge is 0.373 e. The minimum absolute atomic E-state index is 0.222. The molecule has 80 valence electrons. The first-order valence-electron chi connectivity index (χ1n) is 4.15. The van der Waals surface area contributed by atoms with Gasteiger partial charge in [0.15, 0.2) is 0 Å². The molecule has 2 atom stereocenters. The summed E-state index contributed by atoms with van der Waals surface area (Å²) in [4.78, 5) is 14.5. The Balaban J connectivity index is 4.38. The maximum atomic E-state index is 12.3. The van der Waals surface area contributed by atoms with Crippen LogP contribution in [0.1, 0.15) is 19.8 Å². The van der Waals surface area contributed by atoms with Crippen LogP contribution in [0.4, 0.5) is 8.78 Å². The summed E-state index contributed by atoms with van der Waals surface area (Å²) < 4.78 is 24.6. The third-order valence-electron chi connectivity index (χ3n) is 1.94. The van der Waals surface area contributed by atoms with Crippen molar-refractivity contribution in [3.63, 3.8) is 0 Å². The summed E-state index contributed by atoms with van der Waals surface area (Å²) in [5.41, 5.74) is 0. The molecule has 0 radical (unpaired) electrons. The number of hydrogen-bond donors (Lipinski definition) is 1. The number of alkyl halides is 2. The summed E-state index contributed by atoms with van der Waals surface area (Å²) in [7, 11) is 0. The van der Waals surface area contributed by atoms with Crippen LogP contribution in [0.2, 0.25) is 0 Å². The fourth-order valence-electron chi connectivity index (χ4n) is 1.01. The fourth-order valence-corrected chi connectivity index (χ4v) is 1.01. The van der Waals surface area contributed by atoms with E-state index in [9.17, 15) is 13.6 Å². The van der Waals surface area contributed by atoms with E-state index in [0.717, 1.165) is 0 Å². The van der Waals surface area contributed by atoms with Crippen molar-refractivity contribution in [2.75, 3.05) is 0 Å². The number of carbonyl (C=O) groups excluding carboxylic acids is 1. The smallest absolute Gasteiger partial charge is 0.333 e. The topological polar surface area (TPSA) is 76.1 Å². The molecule has 0 aliphatic rings. The zero-order chi connectivity index (χ0) is 11.1. The van der Waals surface area contributed by atoms with Crippen molar-refractivity contribution in [3.8, 4) is 6.07 Å². The second-order valence-electron chi connectivity index (χ2n) is 2.85. The molecule has 2 unspecified atom stereocenters. The van der Waals surface area contributed by atoms with Crippen LogP contribution in [0.5, 0.6) is 0 Å². The highest BCUT2D eigenvalue weighted by molar-refractivity contribution is 5.72. The molecular formula is C8H12F2N2O2. The lowest BCUT2D eigenvalue weighted by Gasteiger charge is -2.14. The van der Waals surface area contributed by atoms with E-state index < -0.39 is 24.2 Å². The summed E-state index contributed by atoms with van der Waals surface area (Å²) in [6.07, 6.45) is -2.66. The van der Waals surface area contributed by atoms with Gasteiger partial charge < -0.3 is 4.84 Å². The molecule has 0 fully saturated rings. The van der Waals surface area contributed by atoms with Gasteiger partial charge in [0.2, 0.25) is 0 Å². The first-order valence-corrected chi connectivity index (χ1v) is 4.15. The average Bonchev–Trinajstić information content (AvgIpc) is 2.18. The monoisotopic (exact) mass is 206 g/mol. The van der Waals surface area contributed by atoms with E-state index >= 15 is 0 Å². The molecule has 6 heteroatoms. The minimum Gasteiger partial charge on any atom is -0.373 e. The molecule has 2 N–H and O–H groups in total. The lowest BCUT2D eigenvalue weighted by molar-refractivity contribution is -0.155. The third kappa shape index (κ3) is 3.66. The highest BCUT2D eigenvalue weighted by Gasteiger charge is 2.31. The second-order valence-corrected chi connectivity index (χ2v) is 2.85. The molecule has 0 bridgehead atoms. The van der Waals surface area contributed by atoms with Crippen molar-refractivity contribution >= 4 is 5.97 Å². The number of nitrogens with zero attached hydrogens (tertiary/aromatic N) is 1. The lowest BCUT2D eigenvalue weighted by atomic mass is 9.94. The molecule has 0 aromatic rings. The van der Waals surface area contributed by atoms with Gasteiger partial charge in [-0.2, -0.15) is 11.2 Å². The molecule has 0 aromatic carbocycles. The lowest BCUT2D eigenvalue weighted by Crippen LogP contribution is -2.28. The quantitative estimate of drug-likeness (QED) is 0.686. The first-order chi connectivity index (χ1) is 6.56. The zero-order valence-electron chi connectivity index (χ0n) is 7.74. The fraction of sp³-hybridized carbons (Fsp3) is 0.750. The van der Waals surface area contributed by atoms with E-state index in [1.807, 2.05) is 6.07 Å². The number of nitrogens with two attached hydrogens (primary N) is 1. The maximum Gasteiger partial charge on any atom is 0.333 e. The normalized spacial score (nSPS) is 14.6. The van der Waals surface area contributed by atoms with Crippen LogP contribution < -0.4 is 5.90 Å². The van der Waals surface area contributed by atoms with Crippen LogP contribution in [-0.4, -0.2) is 12.4 Å². The number of carbonyl (C=O) groups is 1. The molecule has 4 nitrogen and oxygen atoms in total. The van der Waals surface area contributed by atoms with Gasteiger partial charge in [-0.1, -0.05) is 6.92 Å². The van der Waals surface area contributed by atoms with Gasteiger partial charge in [-0.25, -0.2) is 13.6 Å². The van der Waals surface area contributed by atoms with Gasteiger partial charge in [0.1, 0.15) is 5.92 Å². The Kier molecular flexibility index (Phi) is 5.72. The van der Waals surface area contributed by atoms with Crippen LogP contribution in [-0.2, 0) is 9.63 Å². The molecule has 14 heavy (non-hydrogen) atoms. The van der Waals surface area contributed by atoms with Gasteiger partial charge in [0, 0.05) is 5.92 Å². The SMILES string of the molecule is CCC(C#N)CC(C(=O)ON)C(F)F. The van der Waals surface area contributed by atoms with Crippen LogP contribution in [0.25, 0.3) is 0 Å². The highest BCUT2D eigenvalue weighted by atomic mass is 19.3. The summed E-state index contributed by atoms with van der Waals surface area (Å²) in [5, 5.41) is 8.53. The summed E-state index contributed by atoms with van der Waals surface area (Å²) in [6, 6.07) is 1.83. The van der Waals surface area contributed by atoms with Gasteiger partial charge >= 0.3 is 5.97 Å². The molecule has 0 heterocycles. The molecule has 0 rings (SSSR count). The minimum atomic E-state index is -2.85. The molecule has 0 aromatic heterocycles. The molecule has 0 aliphatic carbocycles. The average molecular weight is 206 g/mol. The predicted molar refractivity (Wildman–Crippen MR) is 43.8 cm³/mol. The number of nitriles is 1. The molecule has 0 saturated heterocycles. The standard InChI is InChI=1S/C8H12F2N2O2/c1-2-5(4-11)3-6(7(9)10)8(13)14-12/h5-7H,2-3,12H2,1H3. The number of hydrogen-bond acceptors (Lipinski definition) is 4. The maximum absolute atomic E-state index is 12.3. The van der Waals surface area contributed by atoms with E-state index in [1.54, 1.807) is 6.92 Å². The zero-order valence-corrected chi connectivity index (χ0v) is 7.74. The van der Waals surface area contributed by atoms with E-state index in [1.165, 1.54) is 0 Å².